The maximum atomic E-state index is 11.9. The average Bonchev–Trinajstić information content (AvgIpc) is 2.76. The number of nitrogens with zero attached hydrogens (tertiary/aromatic N) is 1. The number of carbonyl (C=O) groups is 1. The predicted octanol–water partition coefficient (Wildman–Crippen LogP) is 2.01. The van der Waals surface area contributed by atoms with Crippen molar-refractivity contribution < 1.29 is 4.79 Å². The fourth-order valence-corrected chi connectivity index (χ4v) is 2.91. The molecule has 1 fully saturated rings. The largest absolute Gasteiger partial charge is 0.341 e. The molecule has 1 heterocycles. The molecule has 1 saturated heterocycles. The highest BCUT2D eigenvalue weighted by Gasteiger charge is 2.22. The summed E-state index contributed by atoms with van der Waals surface area (Å²) >= 11 is 1.77. The van der Waals surface area contributed by atoms with Gasteiger partial charge in [0.1, 0.15) is 0 Å². The Balaban J connectivity index is 0.00000256. The molecular weight excluding hydrogens is 256 g/mol. The summed E-state index contributed by atoms with van der Waals surface area (Å²) in [5.74, 6) is 2.75. The second-order valence-corrected chi connectivity index (χ2v) is 5.99. The minimum atomic E-state index is 0. The van der Waals surface area contributed by atoms with Gasteiger partial charge in [-0.2, -0.15) is 11.8 Å². The van der Waals surface area contributed by atoms with Gasteiger partial charge in [0.2, 0.25) is 5.91 Å². The van der Waals surface area contributed by atoms with Gasteiger partial charge in [-0.15, -0.1) is 12.4 Å². The van der Waals surface area contributed by atoms with Crippen molar-refractivity contribution >= 4 is 30.1 Å². The van der Waals surface area contributed by atoms with Gasteiger partial charge in [-0.05, 0) is 31.1 Å². The molecule has 1 aliphatic heterocycles. The first kappa shape index (κ1) is 17.1. The van der Waals surface area contributed by atoms with Crippen molar-refractivity contribution in [2.75, 3.05) is 31.6 Å². The molecule has 1 aliphatic rings. The number of rotatable bonds is 6. The second kappa shape index (κ2) is 9.06. The van der Waals surface area contributed by atoms with Crippen LogP contribution in [0.5, 0.6) is 0 Å². The Morgan fingerprint density at radius 3 is 2.76 bits per heavy atom. The van der Waals surface area contributed by atoms with E-state index in [2.05, 4.69) is 19.2 Å². The van der Waals surface area contributed by atoms with Gasteiger partial charge in [-0.3, -0.25) is 4.79 Å². The zero-order valence-corrected chi connectivity index (χ0v) is 12.7. The molecule has 3 nitrogen and oxygen atoms in total. The van der Waals surface area contributed by atoms with Crippen molar-refractivity contribution in [2.24, 2.45) is 5.92 Å². The van der Waals surface area contributed by atoms with E-state index in [1.807, 2.05) is 11.9 Å². The number of hydrogen-bond donors (Lipinski definition) is 1. The van der Waals surface area contributed by atoms with E-state index in [0.29, 0.717) is 11.8 Å². The summed E-state index contributed by atoms with van der Waals surface area (Å²) in [5.41, 5.74) is 0. The van der Waals surface area contributed by atoms with Crippen LogP contribution in [0.25, 0.3) is 0 Å². The monoisotopic (exact) mass is 280 g/mol. The van der Waals surface area contributed by atoms with Gasteiger partial charge in [-0.25, -0.2) is 0 Å². The van der Waals surface area contributed by atoms with E-state index in [-0.39, 0.29) is 18.3 Å². The fraction of sp³-hybridized carbons (Fsp3) is 0.917. The number of halogens is 1. The molecule has 0 spiro atoms. The van der Waals surface area contributed by atoms with Gasteiger partial charge < -0.3 is 10.2 Å². The minimum Gasteiger partial charge on any atom is -0.341 e. The van der Waals surface area contributed by atoms with Crippen LogP contribution >= 0.6 is 24.2 Å². The lowest BCUT2D eigenvalue weighted by Gasteiger charge is -2.23. The molecule has 0 aromatic carbocycles. The van der Waals surface area contributed by atoms with E-state index >= 15 is 0 Å². The molecule has 0 aromatic rings. The maximum absolute atomic E-state index is 11.9. The maximum Gasteiger partial charge on any atom is 0.232 e. The normalized spacial score (nSPS) is 19.2. The molecule has 102 valence electrons. The lowest BCUT2D eigenvalue weighted by Crippen LogP contribution is -2.39. The summed E-state index contributed by atoms with van der Waals surface area (Å²) in [4.78, 5) is 13.8. The van der Waals surface area contributed by atoms with Crippen LogP contribution in [0.3, 0.4) is 0 Å². The molecule has 17 heavy (non-hydrogen) atoms. The van der Waals surface area contributed by atoms with Gasteiger partial charge in [0, 0.05) is 19.6 Å². The second-order valence-electron chi connectivity index (χ2n) is 4.89. The number of thioether (sulfide) groups is 1. The lowest BCUT2D eigenvalue weighted by molar-refractivity contribution is -0.128. The van der Waals surface area contributed by atoms with E-state index < -0.39 is 0 Å². The Labute approximate surface area is 115 Å². The van der Waals surface area contributed by atoms with Gasteiger partial charge in [0.15, 0.2) is 0 Å². The van der Waals surface area contributed by atoms with Crippen LogP contribution in [0.2, 0.25) is 0 Å². The molecule has 0 radical (unpaired) electrons. The summed E-state index contributed by atoms with van der Waals surface area (Å²) in [6, 6.07) is 0.415. The van der Waals surface area contributed by atoms with Crippen molar-refractivity contribution in [2.45, 2.75) is 32.7 Å². The number of nitrogens with one attached hydrogen (secondary N) is 1. The number of carbonyl (C=O) groups excluding carboxylic acids is 1. The summed E-state index contributed by atoms with van der Waals surface area (Å²) in [7, 11) is 1.93. The smallest absolute Gasteiger partial charge is 0.232 e. The minimum absolute atomic E-state index is 0. The van der Waals surface area contributed by atoms with Crippen molar-refractivity contribution in [1.29, 1.82) is 0 Å². The molecule has 1 N–H and O–H groups in total. The van der Waals surface area contributed by atoms with E-state index in [1.165, 1.54) is 6.42 Å². The van der Waals surface area contributed by atoms with Crippen LogP contribution in [0.4, 0.5) is 0 Å². The highest BCUT2D eigenvalue weighted by molar-refractivity contribution is 7.99. The molecule has 5 heteroatoms. The van der Waals surface area contributed by atoms with Crippen LogP contribution in [-0.2, 0) is 4.79 Å². The van der Waals surface area contributed by atoms with Crippen molar-refractivity contribution in [1.82, 2.24) is 10.2 Å². The molecule has 0 saturated carbocycles. The summed E-state index contributed by atoms with van der Waals surface area (Å²) < 4.78 is 0. The Morgan fingerprint density at radius 2 is 2.24 bits per heavy atom. The number of likely N-dealkylation sites (N-methyl/N-ethyl adjacent to an activating group) is 1. The molecule has 1 unspecified atom stereocenters. The summed E-state index contributed by atoms with van der Waals surface area (Å²) in [6.07, 6.45) is 2.30. The topological polar surface area (TPSA) is 32.3 Å². The molecule has 1 atom stereocenters. The Morgan fingerprint density at radius 1 is 1.53 bits per heavy atom. The van der Waals surface area contributed by atoms with E-state index in [4.69, 9.17) is 0 Å². The van der Waals surface area contributed by atoms with Gasteiger partial charge in [0.25, 0.3) is 0 Å². The van der Waals surface area contributed by atoms with E-state index in [9.17, 15) is 4.79 Å². The zero-order chi connectivity index (χ0) is 12.0. The van der Waals surface area contributed by atoms with Crippen LogP contribution < -0.4 is 5.32 Å². The van der Waals surface area contributed by atoms with E-state index in [0.717, 1.165) is 31.2 Å². The first-order valence-electron chi connectivity index (χ1n) is 6.15. The van der Waals surface area contributed by atoms with Crippen LogP contribution in [0.1, 0.15) is 26.7 Å². The van der Waals surface area contributed by atoms with E-state index in [1.54, 1.807) is 11.8 Å². The van der Waals surface area contributed by atoms with Gasteiger partial charge >= 0.3 is 0 Å². The SMILES string of the molecule is CC(C)CCSCC(=O)N(C)C1CCNC1.Cl. The van der Waals surface area contributed by atoms with Gasteiger partial charge in [0.05, 0.1) is 5.75 Å². The lowest BCUT2D eigenvalue weighted by atomic mass is 10.2. The predicted molar refractivity (Wildman–Crippen MR) is 78.1 cm³/mol. The molecule has 1 amide bonds. The number of hydrogen-bond acceptors (Lipinski definition) is 3. The fourth-order valence-electron chi connectivity index (χ4n) is 1.75. The standard InChI is InChI=1S/C12H24N2OS.ClH/c1-10(2)5-7-16-9-12(15)14(3)11-4-6-13-8-11;/h10-11,13H,4-9H2,1-3H3;1H. The third-order valence-corrected chi connectivity index (χ3v) is 4.02. The van der Waals surface area contributed by atoms with Crippen LogP contribution in [0, 0.1) is 5.92 Å². The Hall–Kier alpha value is 0.0700. The van der Waals surface area contributed by atoms with Gasteiger partial charge in [-0.1, -0.05) is 13.8 Å². The first-order valence-corrected chi connectivity index (χ1v) is 7.31. The quantitative estimate of drug-likeness (QED) is 0.756. The zero-order valence-electron chi connectivity index (χ0n) is 11.1. The summed E-state index contributed by atoms with van der Waals surface area (Å²) in [5, 5.41) is 3.29. The molecule has 0 bridgehead atoms. The Bertz CT molecular complexity index is 221. The van der Waals surface area contributed by atoms with Crippen molar-refractivity contribution in [3.63, 3.8) is 0 Å². The van der Waals surface area contributed by atoms with Crippen molar-refractivity contribution in [3.05, 3.63) is 0 Å². The Kier molecular flexibility index (Phi) is 9.10. The molecule has 0 aromatic heterocycles. The summed E-state index contributed by atoms with van der Waals surface area (Å²) in [6.45, 7) is 6.44. The molecule has 0 aliphatic carbocycles. The van der Waals surface area contributed by atoms with Crippen LogP contribution in [-0.4, -0.2) is 48.5 Å². The molecular formula is C12H25ClN2OS. The highest BCUT2D eigenvalue weighted by atomic mass is 35.5. The third kappa shape index (κ3) is 6.53. The van der Waals surface area contributed by atoms with Crippen LogP contribution in [0.15, 0.2) is 0 Å². The average molecular weight is 281 g/mol. The van der Waals surface area contributed by atoms with Crippen molar-refractivity contribution in [3.8, 4) is 0 Å². The first-order chi connectivity index (χ1) is 7.61. The molecule has 1 rings (SSSR count). The number of amides is 1. The highest BCUT2D eigenvalue weighted by Crippen LogP contribution is 2.12. The third-order valence-electron chi connectivity index (χ3n) is 3.04.